The molecule has 0 aliphatic heterocycles. The van der Waals surface area contributed by atoms with E-state index in [1.165, 1.54) is 23.1 Å². The highest BCUT2D eigenvalue weighted by Gasteiger charge is 2.02. The fraction of sp³-hybridized carbons (Fsp3) is 0.167. The molecule has 0 atom stereocenters. The van der Waals surface area contributed by atoms with Gasteiger partial charge in [0, 0.05) is 16.8 Å². The van der Waals surface area contributed by atoms with E-state index in [4.69, 9.17) is 28.5 Å². The third-order valence-corrected chi connectivity index (χ3v) is 3.22. The maximum Gasteiger partial charge on any atom is 0.193 e. The lowest BCUT2D eigenvalue weighted by atomic mass is 10.6. The molecule has 14 heavy (non-hydrogen) atoms. The van der Waals surface area contributed by atoms with Crippen LogP contribution in [0.25, 0.3) is 0 Å². The van der Waals surface area contributed by atoms with Gasteiger partial charge in [-0.2, -0.15) is 4.99 Å². The summed E-state index contributed by atoms with van der Waals surface area (Å²) >= 11 is 8.23. The summed E-state index contributed by atoms with van der Waals surface area (Å²) in [4.78, 5) is 8.42. The number of amidine groups is 1. The molecule has 0 radical (unpaired) electrons. The monoisotopic (exact) mass is 249 g/mol. The van der Waals surface area contributed by atoms with E-state index in [0.29, 0.717) is 10.2 Å². The van der Waals surface area contributed by atoms with Crippen molar-refractivity contribution in [2.75, 3.05) is 0 Å². The van der Waals surface area contributed by atoms with Crippen LogP contribution in [0.3, 0.4) is 0 Å². The van der Waals surface area contributed by atoms with E-state index in [9.17, 15) is 0 Å². The van der Waals surface area contributed by atoms with Crippen LogP contribution in [0.2, 0.25) is 4.47 Å². The number of nitrogens with zero attached hydrogens (tertiary/aromatic N) is 2. The highest BCUT2D eigenvalue weighted by Crippen LogP contribution is 2.22. The van der Waals surface area contributed by atoms with Crippen LogP contribution in [0.4, 0.5) is 0 Å². The molecule has 0 aromatic carbocycles. The SMILES string of the molecule is N=C(N=C(N)N)SCc1cnc(Cl)s1. The molecule has 5 nitrogen and oxygen atoms in total. The quantitative estimate of drug-likeness (QED) is 0.542. The van der Waals surface area contributed by atoms with Crippen molar-refractivity contribution in [3.63, 3.8) is 0 Å². The Labute approximate surface area is 94.1 Å². The average Bonchev–Trinajstić information content (AvgIpc) is 2.47. The maximum absolute atomic E-state index is 7.34. The number of guanidine groups is 1. The predicted molar refractivity (Wildman–Crippen MR) is 62.0 cm³/mol. The first-order chi connectivity index (χ1) is 6.58. The fourth-order valence-corrected chi connectivity index (χ4v) is 2.35. The third-order valence-electron chi connectivity index (χ3n) is 1.11. The molecule has 0 saturated carbocycles. The number of nitrogens with two attached hydrogens (primary N) is 2. The van der Waals surface area contributed by atoms with Crippen molar-refractivity contribution in [1.82, 2.24) is 4.98 Å². The van der Waals surface area contributed by atoms with Gasteiger partial charge in [-0.15, -0.1) is 11.3 Å². The Morgan fingerprint density at radius 1 is 1.71 bits per heavy atom. The minimum Gasteiger partial charge on any atom is -0.370 e. The number of thiazole rings is 1. The molecular formula is C6H8ClN5S2. The van der Waals surface area contributed by atoms with Crippen molar-refractivity contribution < 1.29 is 0 Å². The molecular weight excluding hydrogens is 242 g/mol. The number of thioether (sulfide) groups is 1. The molecule has 5 N–H and O–H groups in total. The van der Waals surface area contributed by atoms with Crippen molar-refractivity contribution in [1.29, 1.82) is 5.41 Å². The Morgan fingerprint density at radius 3 is 2.93 bits per heavy atom. The van der Waals surface area contributed by atoms with Gasteiger partial charge in [0.25, 0.3) is 0 Å². The van der Waals surface area contributed by atoms with Gasteiger partial charge < -0.3 is 11.5 Å². The molecule has 1 rings (SSSR count). The zero-order valence-electron chi connectivity index (χ0n) is 7.03. The lowest BCUT2D eigenvalue weighted by Gasteiger charge is -1.95. The summed E-state index contributed by atoms with van der Waals surface area (Å²) in [6.45, 7) is 0. The van der Waals surface area contributed by atoms with Gasteiger partial charge in [-0.05, 0) is 0 Å². The van der Waals surface area contributed by atoms with Crippen LogP contribution < -0.4 is 11.5 Å². The van der Waals surface area contributed by atoms with E-state index in [1.54, 1.807) is 6.20 Å². The Hall–Kier alpha value is -0.790. The van der Waals surface area contributed by atoms with Crippen molar-refractivity contribution in [3.05, 3.63) is 15.5 Å². The van der Waals surface area contributed by atoms with E-state index in [1.807, 2.05) is 0 Å². The second-order valence-corrected chi connectivity index (χ2v) is 4.87. The number of aromatic nitrogens is 1. The van der Waals surface area contributed by atoms with E-state index in [2.05, 4.69) is 9.98 Å². The third kappa shape index (κ3) is 3.95. The van der Waals surface area contributed by atoms with Gasteiger partial charge in [0.1, 0.15) is 0 Å². The molecule has 1 aromatic rings. The zero-order chi connectivity index (χ0) is 10.6. The van der Waals surface area contributed by atoms with Crippen LogP contribution in [-0.4, -0.2) is 16.1 Å². The number of hydrogen-bond donors (Lipinski definition) is 3. The van der Waals surface area contributed by atoms with E-state index < -0.39 is 0 Å². The molecule has 0 aliphatic rings. The maximum atomic E-state index is 7.34. The molecule has 1 heterocycles. The van der Waals surface area contributed by atoms with Crippen molar-refractivity contribution in [2.24, 2.45) is 16.5 Å². The Balaban J connectivity index is 2.41. The first-order valence-electron chi connectivity index (χ1n) is 3.49. The van der Waals surface area contributed by atoms with E-state index in [-0.39, 0.29) is 11.1 Å². The summed E-state index contributed by atoms with van der Waals surface area (Å²) in [6, 6.07) is 0. The Bertz CT molecular complexity index is 357. The number of halogens is 1. The summed E-state index contributed by atoms with van der Waals surface area (Å²) in [7, 11) is 0. The van der Waals surface area contributed by atoms with Crippen molar-refractivity contribution >= 4 is 45.8 Å². The molecule has 1 aromatic heterocycles. The van der Waals surface area contributed by atoms with Crippen LogP contribution in [0, 0.1) is 5.41 Å². The lowest BCUT2D eigenvalue weighted by molar-refractivity contribution is 1.37. The number of hydrogen-bond acceptors (Lipinski definition) is 4. The highest BCUT2D eigenvalue weighted by molar-refractivity contribution is 8.13. The fourth-order valence-electron chi connectivity index (χ4n) is 0.639. The summed E-state index contributed by atoms with van der Waals surface area (Å²) in [6.07, 6.45) is 1.67. The Kier molecular flexibility index (Phi) is 4.18. The number of rotatable bonds is 2. The predicted octanol–water partition coefficient (Wildman–Crippen LogP) is 1.24. The van der Waals surface area contributed by atoms with Gasteiger partial charge in [0.05, 0.1) is 0 Å². The lowest BCUT2D eigenvalue weighted by Crippen LogP contribution is -2.23. The first-order valence-corrected chi connectivity index (χ1v) is 5.67. The molecule has 0 aliphatic carbocycles. The van der Waals surface area contributed by atoms with Crippen LogP contribution in [0.5, 0.6) is 0 Å². The van der Waals surface area contributed by atoms with Crippen molar-refractivity contribution in [2.45, 2.75) is 5.75 Å². The summed E-state index contributed by atoms with van der Waals surface area (Å²) in [5, 5.41) is 7.42. The number of aliphatic imine (C=N–C) groups is 1. The molecule has 0 bridgehead atoms. The van der Waals surface area contributed by atoms with Gasteiger partial charge in [-0.1, -0.05) is 23.4 Å². The molecule has 8 heteroatoms. The van der Waals surface area contributed by atoms with Crippen LogP contribution in [0.1, 0.15) is 4.88 Å². The molecule has 0 unspecified atom stereocenters. The van der Waals surface area contributed by atoms with Crippen molar-refractivity contribution in [3.8, 4) is 0 Å². The van der Waals surface area contributed by atoms with Crippen LogP contribution >= 0.6 is 34.7 Å². The smallest absolute Gasteiger partial charge is 0.193 e. The van der Waals surface area contributed by atoms with Gasteiger partial charge in [-0.3, -0.25) is 5.41 Å². The number of nitrogens with one attached hydrogen (secondary N) is 1. The summed E-state index contributed by atoms with van der Waals surface area (Å²) in [5.41, 5.74) is 10.2. The summed E-state index contributed by atoms with van der Waals surface area (Å²) in [5.74, 6) is 0.491. The molecule has 0 fully saturated rings. The highest BCUT2D eigenvalue weighted by atomic mass is 35.5. The normalized spacial score (nSPS) is 9.79. The minimum absolute atomic E-state index is 0.0783. The van der Waals surface area contributed by atoms with Crippen LogP contribution in [0.15, 0.2) is 11.2 Å². The molecule has 0 saturated heterocycles. The molecule has 0 amide bonds. The van der Waals surface area contributed by atoms with E-state index in [0.717, 1.165) is 4.88 Å². The zero-order valence-corrected chi connectivity index (χ0v) is 9.42. The largest absolute Gasteiger partial charge is 0.370 e. The van der Waals surface area contributed by atoms with E-state index >= 15 is 0 Å². The second kappa shape index (κ2) is 5.18. The topological polar surface area (TPSA) is 101 Å². The minimum atomic E-state index is -0.107. The standard InChI is InChI=1S/C6H8ClN5S2/c7-4-11-1-3(14-4)2-13-6(10)12-5(8)9/h1H,2H2,(H5,8,9,10,12). The van der Waals surface area contributed by atoms with Crippen LogP contribution in [-0.2, 0) is 5.75 Å². The van der Waals surface area contributed by atoms with Gasteiger partial charge in [0.2, 0.25) is 0 Å². The molecule has 0 spiro atoms. The second-order valence-electron chi connectivity index (χ2n) is 2.21. The van der Waals surface area contributed by atoms with Gasteiger partial charge >= 0.3 is 0 Å². The van der Waals surface area contributed by atoms with Gasteiger partial charge in [-0.25, -0.2) is 4.98 Å². The Morgan fingerprint density at radius 2 is 2.43 bits per heavy atom. The van der Waals surface area contributed by atoms with Gasteiger partial charge in [0.15, 0.2) is 15.6 Å². The molecule has 76 valence electrons. The summed E-state index contributed by atoms with van der Waals surface area (Å²) < 4.78 is 0.494. The first kappa shape index (κ1) is 11.3. The average molecular weight is 250 g/mol.